The lowest BCUT2D eigenvalue weighted by molar-refractivity contribution is 0.0693. The Bertz CT molecular complexity index is 406. The van der Waals surface area contributed by atoms with Crippen LogP contribution in [0.25, 0.3) is 0 Å². The highest BCUT2D eigenvalue weighted by Gasteiger charge is 2.35. The van der Waals surface area contributed by atoms with Crippen molar-refractivity contribution < 1.29 is 9.18 Å². The lowest BCUT2D eigenvalue weighted by atomic mass is 9.96. The summed E-state index contributed by atoms with van der Waals surface area (Å²) in [5, 5.41) is 0. The zero-order chi connectivity index (χ0) is 13.7. The van der Waals surface area contributed by atoms with E-state index >= 15 is 0 Å². The highest BCUT2D eigenvalue weighted by atomic mass is 35.5. The van der Waals surface area contributed by atoms with Crippen LogP contribution in [-0.4, -0.2) is 36.0 Å². The van der Waals surface area contributed by atoms with E-state index in [1.54, 1.807) is 12.1 Å². The van der Waals surface area contributed by atoms with Crippen LogP contribution in [0.3, 0.4) is 0 Å². The summed E-state index contributed by atoms with van der Waals surface area (Å²) in [4.78, 5) is 14.6. The van der Waals surface area contributed by atoms with Crippen LogP contribution in [0.5, 0.6) is 0 Å². The molecule has 0 amide bonds. The molecule has 1 fully saturated rings. The molecule has 0 aromatic heterocycles. The predicted octanol–water partition coefficient (Wildman–Crippen LogP) is 3.89. The Hall–Kier alpha value is -0.930. The molecular formula is C16H23ClFNO. The van der Waals surface area contributed by atoms with E-state index in [2.05, 4.69) is 0 Å². The van der Waals surface area contributed by atoms with Gasteiger partial charge in [-0.15, -0.1) is 12.4 Å². The summed E-state index contributed by atoms with van der Waals surface area (Å²) in [6, 6.07) is 8.52. The Morgan fingerprint density at radius 3 is 2.40 bits per heavy atom. The maximum absolute atomic E-state index is 14.4. The summed E-state index contributed by atoms with van der Waals surface area (Å²) in [7, 11) is 0. The fourth-order valence-electron chi connectivity index (χ4n) is 2.79. The molecule has 1 aromatic carbocycles. The Kier molecular flexibility index (Phi) is 7.17. The number of ketones is 1. The summed E-state index contributed by atoms with van der Waals surface area (Å²) in [5.41, 5.74) is 0.623. The minimum atomic E-state index is -1.06. The van der Waals surface area contributed by atoms with E-state index in [9.17, 15) is 9.18 Å². The molecule has 0 aliphatic carbocycles. The predicted molar refractivity (Wildman–Crippen MR) is 82.4 cm³/mol. The molecule has 1 heterocycles. The molecule has 2 atom stereocenters. The zero-order valence-electron chi connectivity index (χ0n) is 11.9. The molecule has 1 aromatic rings. The lowest BCUT2D eigenvalue weighted by Gasteiger charge is -2.29. The second kappa shape index (κ2) is 8.38. The van der Waals surface area contributed by atoms with Crippen molar-refractivity contribution in [3.8, 4) is 0 Å². The van der Waals surface area contributed by atoms with E-state index in [1.807, 2.05) is 30.0 Å². The van der Waals surface area contributed by atoms with Gasteiger partial charge in [-0.1, -0.05) is 43.7 Å². The number of benzene rings is 1. The largest absolute Gasteiger partial charge is 0.292 e. The van der Waals surface area contributed by atoms with Crippen LogP contribution in [0, 0.1) is 0 Å². The molecule has 0 spiro atoms. The van der Waals surface area contributed by atoms with Gasteiger partial charge in [0.1, 0.15) is 12.2 Å². The molecule has 112 valence electrons. The van der Waals surface area contributed by atoms with Crippen LogP contribution in [0.4, 0.5) is 4.39 Å². The minimum Gasteiger partial charge on any atom is -0.292 e. The Morgan fingerprint density at radius 2 is 1.85 bits per heavy atom. The van der Waals surface area contributed by atoms with Gasteiger partial charge in [0.2, 0.25) is 0 Å². The van der Waals surface area contributed by atoms with Crippen molar-refractivity contribution in [3.05, 3.63) is 35.9 Å². The Balaban J connectivity index is 0.00000200. The van der Waals surface area contributed by atoms with Crippen molar-refractivity contribution in [2.45, 2.75) is 44.8 Å². The maximum Gasteiger partial charge on any atom is 0.182 e. The van der Waals surface area contributed by atoms with E-state index in [4.69, 9.17) is 0 Å². The maximum atomic E-state index is 14.4. The van der Waals surface area contributed by atoms with Crippen molar-refractivity contribution in [2.24, 2.45) is 0 Å². The molecule has 1 aliphatic heterocycles. The molecule has 2 nitrogen and oxygen atoms in total. The van der Waals surface area contributed by atoms with E-state index in [0.717, 1.165) is 32.4 Å². The molecule has 0 saturated carbocycles. The standard InChI is InChI=1S/C16H22FNO.ClH/c1-2-8-14(17)15(18-11-6-7-12-18)16(19)13-9-4-3-5-10-13;/h3-5,9-10,14-15H,2,6-8,11-12H2,1H3;1H. The number of halogens is 2. The molecule has 2 rings (SSSR count). The quantitative estimate of drug-likeness (QED) is 0.743. The fraction of sp³-hybridized carbons (Fsp3) is 0.562. The number of carbonyl (C=O) groups excluding carboxylic acids is 1. The third kappa shape index (κ3) is 4.03. The highest BCUT2D eigenvalue weighted by Crippen LogP contribution is 2.22. The first-order valence-electron chi connectivity index (χ1n) is 7.21. The summed E-state index contributed by atoms with van der Waals surface area (Å²) in [6.45, 7) is 3.64. The van der Waals surface area contributed by atoms with Crippen LogP contribution in [0.2, 0.25) is 0 Å². The number of rotatable bonds is 6. The van der Waals surface area contributed by atoms with Gasteiger partial charge in [-0.2, -0.15) is 0 Å². The average Bonchev–Trinajstić information content (AvgIpc) is 2.94. The van der Waals surface area contributed by atoms with Crippen molar-refractivity contribution in [2.75, 3.05) is 13.1 Å². The molecular weight excluding hydrogens is 277 g/mol. The van der Waals surface area contributed by atoms with Crippen molar-refractivity contribution >= 4 is 18.2 Å². The van der Waals surface area contributed by atoms with Gasteiger partial charge in [0, 0.05) is 5.56 Å². The van der Waals surface area contributed by atoms with Gasteiger partial charge in [0.05, 0.1) is 0 Å². The summed E-state index contributed by atoms with van der Waals surface area (Å²) in [6.07, 6.45) is 2.30. The molecule has 1 aliphatic rings. The topological polar surface area (TPSA) is 20.3 Å². The number of likely N-dealkylation sites (tertiary alicyclic amines) is 1. The molecule has 0 radical (unpaired) electrons. The first kappa shape index (κ1) is 17.1. The third-order valence-corrected chi connectivity index (χ3v) is 3.77. The Labute approximate surface area is 126 Å². The molecule has 20 heavy (non-hydrogen) atoms. The number of nitrogens with zero attached hydrogens (tertiary/aromatic N) is 1. The van der Waals surface area contributed by atoms with Crippen LogP contribution in [0.1, 0.15) is 43.0 Å². The Morgan fingerprint density at radius 1 is 1.25 bits per heavy atom. The van der Waals surface area contributed by atoms with E-state index < -0.39 is 12.2 Å². The second-order valence-electron chi connectivity index (χ2n) is 5.22. The summed E-state index contributed by atoms with van der Waals surface area (Å²) < 4.78 is 14.4. The SMILES string of the molecule is CCCC(F)C(C(=O)c1ccccc1)N1CCCC1.Cl. The van der Waals surface area contributed by atoms with Gasteiger partial charge in [-0.3, -0.25) is 9.69 Å². The van der Waals surface area contributed by atoms with Crippen LogP contribution < -0.4 is 0 Å². The average molecular weight is 300 g/mol. The van der Waals surface area contributed by atoms with E-state index in [-0.39, 0.29) is 18.2 Å². The van der Waals surface area contributed by atoms with Gasteiger partial charge in [0.25, 0.3) is 0 Å². The fourth-order valence-corrected chi connectivity index (χ4v) is 2.79. The van der Waals surface area contributed by atoms with Gasteiger partial charge in [-0.05, 0) is 32.4 Å². The number of hydrogen-bond donors (Lipinski definition) is 0. The minimum absolute atomic E-state index is 0. The molecule has 0 N–H and O–H groups in total. The summed E-state index contributed by atoms with van der Waals surface area (Å²) >= 11 is 0. The third-order valence-electron chi connectivity index (χ3n) is 3.77. The van der Waals surface area contributed by atoms with Crippen molar-refractivity contribution in [1.29, 1.82) is 0 Å². The highest BCUT2D eigenvalue weighted by molar-refractivity contribution is 6.00. The normalized spacial score (nSPS) is 18.3. The van der Waals surface area contributed by atoms with Crippen molar-refractivity contribution in [1.82, 2.24) is 4.90 Å². The van der Waals surface area contributed by atoms with E-state index in [0.29, 0.717) is 12.0 Å². The number of carbonyl (C=O) groups is 1. The zero-order valence-corrected chi connectivity index (χ0v) is 12.7. The molecule has 1 saturated heterocycles. The summed E-state index contributed by atoms with van der Waals surface area (Å²) in [5.74, 6) is -0.0662. The number of alkyl halides is 1. The van der Waals surface area contributed by atoms with Gasteiger partial charge in [-0.25, -0.2) is 4.39 Å². The second-order valence-corrected chi connectivity index (χ2v) is 5.22. The van der Waals surface area contributed by atoms with Gasteiger partial charge < -0.3 is 0 Å². The van der Waals surface area contributed by atoms with Gasteiger partial charge >= 0.3 is 0 Å². The molecule has 2 unspecified atom stereocenters. The van der Waals surface area contributed by atoms with Crippen LogP contribution in [-0.2, 0) is 0 Å². The number of Topliss-reactive ketones (excluding diaryl/α,β-unsaturated/α-hetero) is 1. The van der Waals surface area contributed by atoms with Crippen LogP contribution >= 0.6 is 12.4 Å². The lowest BCUT2D eigenvalue weighted by Crippen LogP contribution is -2.46. The van der Waals surface area contributed by atoms with Crippen molar-refractivity contribution in [3.63, 3.8) is 0 Å². The molecule has 0 bridgehead atoms. The smallest absolute Gasteiger partial charge is 0.182 e. The van der Waals surface area contributed by atoms with Gasteiger partial charge in [0.15, 0.2) is 5.78 Å². The van der Waals surface area contributed by atoms with E-state index in [1.165, 1.54) is 0 Å². The molecule has 4 heteroatoms. The monoisotopic (exact) mass is 299 g/mol. The van der Waals surface area contributed by atoms with Crippen LogP contribution in [0.15, 0.2) is 30.3 Å². The number of hydrogen-bond acceptors (Lipinski definition) is 2. The first-order chi connectivity index (χ1) is 9.24. The first-order valence-corrected chi connectivity index (χ1v) is 7.21.